The maximum absolute atomic E-state index is 13.1. The van der Waals surface area contributed by atoms with Gasteiger partial charge in [0, 0.05) is 18.0 Å². The molecule has 0 radical (unpaired) electrons. The Morgan fingerprint density at radius 2 is 1.90 bits per heavy atom. The van der Waals surface area contributed by atoms with Crippen molar-refractivity contribution >= 4 is 24.2 Å². The van der Waals surface area contributed by atoms with Gasteiger partial charge < -0.3 is 15.5 Å². The van der Waals surface area contributed by atoms with Crippen molar-refractivity contribution in [3.05, 3.63) is 69.6 Å². The third-order valence-electron chi connectivity index (χ3n) is 5.02. The molecule has 3 N–H and O–H groups in total. The third kappa shape index (κ3) is 6.36. The summed E-state index contributed by atoms with van der Waals surface area (Å²) in [5.74, 6) is -2.80. The summed E-state index contributed by atoms with van der Waals surface area (Å²) in [7, 11) is 0. The van der Waals surface area contributed by atoms with Crippen LogP contribution in [0.15, 0.2) is 47.4 Å². The predicted octanol–water partition coefficient (Wildman–Crippen LogP) is 2.57. The molecule has 1 amide bonds. The molecule has 0 saturated carbocycles. The van der Waals surface area contributed by atoms with Crippen LogP contribution in [-0.4, -0.2) is 45.5 Å². The zero-order valence-electron chi connectivity index (χ0n) is 17.5. The number of carboxylic acid groups (broad SMARTS) is 1. The number of carbonyl (C=O) groups is 2. The van der Waals surface area contributed by atoms with Crippen LogP contribution >= 0.6 is 0 Å². The van der Waals surface area contributed by atoms with E-state index in [-0.39, 0.29) is 17.5 Å². The molecule has 2 rings (SSSR count). The first-order chi connectivity index (χ1) is 14.8. The number of halogens is 1. The molecule has 3 unspecified atom stereocenters. The van der Waals surface area contributed by atoms with Gasteiger partial charge in [-0.3, -0.25) is 19.0 Å². The fourth-order valence-corrected chi connectivity index (χ4v) is 3.31. The van der Waals surface area contributed by atoms with Crippen LogP contribution in [0.4, 0.5) is 4.39 Å². The van der Waals surface area contributed by atoms with E-state index in [0.29, 0.717) is 5.56 Å². The van der Waals surface area contributed by atoms with Gasteiger partial charge in [-0.05, 0) is 36.6 Å². The summed E-state index contributed by atoms with van der Waals surface area (Å²) in [6.07, 6.45) is 2.95. The van der Waals surface area contributed by atoms with Gasteiger partial charge in [-0.15, -0.1) is 0 Å². The number of amides is 1. The van der Waals surface area contributed by atoms with Crippen LogP contribution in [0.1, 0.15) is 42.4 Å². The number of nitrogens with one attached hydrogen (secondary N) is 1. The van der Waals surface area contributed by atoms with E-state index in [1.165, 1.54) is 4.57 Å². The average molecular weight is 430 g/mol. The number of aromatic nitrogens is 1. The second-order valence-corrected chi connectivity index (χ2v) is 7.25. The summed E-state index contributed by atoms with van der Waals surface area (Å²) in [4.78, 5) is 37.0. The van der Waals surface area contributed by atoms with E-state index >= 15 is 0 Å². The number of aliphatic carboxylic acids is 1. The number of hydrogen-bond acceptors (Lipinski definition) is 4. The Hall–Kier alpha value is -3.26. The van der Waals surface area contributed by atoms with Gasteiger partial charge in [0.05, 0.1) is 18.4 Å². The molecule has 166 valence electrons. The molecule has 0 aliphatic rings. The summed E-state index contributed by atoms with van der Waals surface area (Å²) in [5.41, 5.74) is 1.40. The minimum Gasteiger partial charge on any atom is -0.481 e. The molecule has 8 heteroatoms. The highest BCUT2D eigenvalue weighted by atomic mass is 19.1. The molecule has 0 aliphatic heterocycles. The SMILES string of the molecule is CCC(C(=O)NC(CC(=O)O)C(O)CF)c1c(C)ccn(C=Cc2ccccc2)c1=O. The summed E-state index contributed by atoms with van der Waals surface area (Å²) in [5, 5.41) is 21.1. The van der Waals surface area contributed by atoms with Crippen molar-refractivity contribution in [2.45, 2.75) is 44.8 Å². The van der Waals surface area contributed by atoms with Gasteiger partial charge in [-0.2, -0.15) is 0 Å². The first-order valence-electron chi connectivity index (χ1n) is 9.99. The van der Waals surface area contributed by atoms with Gasteiger partial charge in [0.15, 0.2) is 0 Å². The van der Waals surface area contributed by atoms with Gasteiger partial charge in [0.1, 0.15) is 12.8 Å². The smallest absolute Gasteiger partial charge is 0.305 e. The molecule has 0 saturated heterocycles. The highest BCUT2D eigenvalue weighted by molar-refractivity contribution is 5.84. The minimum atomic E-state index is -1.65. The van der Waals surface area contributed by atoms with Gasteiger partial charge in [0.25, 0.3) is 5.56 Å². The maximum Gasteiger partial charge on any atom is 0.305 e. The van der Waals surface area contributed by atoms with Crippen LogP contribution in [0.3, 0.4) is 0 Å². The van der Waals surface area contributed by atoms with Crippen molar-refractivity contribution in [3.63, 3.8) is 0 Å². The molecule has 1 aromatic heterocycles. The molecule has 1 aromatic carbocycles. The molecule has 0 spiro atoms. The lowest BCUT2D eigenvalue weighted by molar-refractivity contribution is -0.138. The van der Waals surface area contributed by atoms with E-state index in [1.807, 2.05) is 30.3 Å². The van der Waals surface area contributed by atoms with Crippen molar-refractivity contribution in [2.24, 2.45) is 0 Å². The highest BCUT2D eigenvalue weighted by Crippen LogP contribution is 2.21. The quantitative estimate of drug-likeness (QED) is 0.537. The normalized spacial score (nSPS) is 14.2. The summed E-state index contributed by atoms with van der Waals surface area (Å²) in [6, 6.07) is 9.82. The fraction of sp³-hybridized carbons (Fsp3) is 0.348. The molecule has 0 aliphatic carbocycles. The first kappa shape index (κ1) is 24.0. The van der Waals surface area contributed by atoms with Gasteiger partial charge in [-0.1, -0.05) is 37.3 Å². The zero-order chi connectivity index (χ0) is 23.0. The van der Waals surface area contributed by atoms with E-state index in [9.17, 15) is 23.9 Å². The predicted molar refractivity (Wildman–Crippen MR) is 116 cm³/mol. The zero-order valence-corrected chi connectivity index (χ0v) is 17.5. The van der Waals surface area contributed by atoms with Crippen LogP contribution < -0.4 is 10.9 Å². The van der Waals surface area contributed by atoms with E-state index < -0.39 is 43.0 Å². The van der Waals surface area contributed by atoms with Gasteiger partial charge in [0.2, 0.25) is 5.91 Å². The second kappa shape index (κ2) is 11.2. The lowest BCUT2D eigenvalue weighted by Crippen LogP contribution is -2.47. The molecular formula is C23H27FN2O5. The van der Waals surface area contributed by atoms with Crippen molar-refractivity contribution in [1.82, 2.24) is 9.88 Å². The average Bonchev–Trinajstić information content (AvgIpc) is 2.75. The molecule has 2 aromatic rings. The van der Waals surface area contributed by atoms with Crippen LogP contribution in [0, 0.1) is 6.92 Å². The summed E-state index contributed by atoms with van der Waals surface area (Å²) >= 11 is 0. The van der Waals surface area contributed by atoms with E-state index in [2.05, 4.69) is 5.32 Å². The van der Waals surface area contributed by atoms with Crippen molar-refractivity contribution < 1.29 is 24.2 Å². The van der Waals surface area contributed by atoms with Gasteiger partial charge >= 0.3 is 5.97 Å². The Morgan fingerprint density at radius 1 is 1.23 bits per heavy atom. The summed E-state index contributed by atoms with van der Waals surface area (Å²) in [6.45, 7) is 2.23. The number of pyridine rings is 1. The topological polar surface area (TPSA) is 109 Å². The number of alkyl halides is 1. The van der Waals surface area contributed by atoms with Crippen molar-refractivity contribution in [3.8, 4) is 0 Å². The van der Waals surface area contributed by atoms with E-state index in [0.717, 1.165) is 5.56 Å². The lowest BCUT2D eigenvalue weighted by atomic mass is 9.92. The fourth-order valence-electron chi connectivity index (χ4n) is 3.31. The second-order valence-electron chi connectivity index (χ2n) is 7.25. The van der Waals surface area contributed by atoms with Crippen molar-refractivity contribution in [2.75, 3.05) is 6.67 Å². The molecule has 31 heavy (non-hydrogen) atoms. The van der Waals surface area contributed by atoms with Crippen LogP contribution in [0.5, 0.6) is 0 Å². The summed E-state index contributed by atoms with van der Waals surface area (Å²) < 4.78 is 14.3. The Bertz CT molecular complexity index is 987. The van der Waals surface area contributed by atoms with Gasteiger partial charge in [-0.25, -0.2) is 4.39 Å². The number of nitrogens with zero attached hydrogens (tertiary/aromatic N) is 1. The highest BCUT2D eigenvalue weighted by Gasteiger charge is 2.30. The third-order valence-corrected chi connectivity index (χ3v) is 5.02. The Kier molecular flexibility index (Phi) is 8.69. The molecule has 0 bridgehead atoms. The first-order valence-corrected chi connectivity index (χ1v) is 9.99. The number of aryl methyl sites for hydroxylation is 1. The van der Waals surface area contributed by atoms with E-state index in [4.69, 9.17) is 5.11 Å². The number of benzene rings is 1. The van der Waals surface area contributed by atoms with Crippen molar-refractivity contribution in [1.29, 1.82) is 0 Å². The number of hydrogen-bond donors (Lipinski definition) is 3. The molecule has 1 heterocycles. The number of carboxylic acids is 1. The minimum absolute atomic E-state index is 0.264. The largest absolute Gasteiger partial charge is 0.481 e. The van der Waals surface area contributed by atoms with Crippen LogP contribution in [0.2, 0.25) is 0 Å². The Morgan fingerprint density at radius 3 is 2.48 bits per heavy atom. The monoisotopic (exact) mass is 430 g/mol. The standard InChI is InChI=1S/C23H27FN2O5/c1-3-17(22(30)25-18(13-20(28)29)19(27)14-24)21-15(2)9-11-26(23(21)31)12-10-16-7-5-4-6-8-16/h4-12,17-19,27H,3,13-14H2,1-2H3,(H,25,30)(H,28,29). The Labute approximate surface area is 179 Å². The van der Waals surface area contributed by atoms with E-state index in [1.54, 1.807) is 38.4 Å². The Balaban J connectivity index is 2.35. The number of aliphatic hydroxyl groups excluding tert-OH is 1. The molecule has 3 atom stereocenters. The lowest BCUT2D eigenvalue weighted by Gasteiger charge is -2.24. The van der Waals surface area contributed by atoms with Crippen LogP contribution in [0.25, 0.3) is 12.3 Å². The molecule has 7 nitrogen and oxygen atoms in total. The number of aliphatic hydroxyl groups is 1. The number of carbonyl (C=O) groups excluding carboxylic acids is 1. The van der Waals surface area contributed by atoms with Crippen LogP contribution in [-0.2, 0) is 9.59 Å². The molecular weight excluding hydrogens is 403 g/mol. The maximum atomic E-state index is 13.1. The molecule has 0 fully saturated rings. The number of rotatable bonds is 10.